The molecule has 1 aromatic heterocycles. The maximum absolute atomic E-state index is 6.21. The van der Waals surface area contributed by atoms with Gasteiger partial charge in [-0.25, -0.2) is 0 Å². The van der Waals surface area contributed by atoms with Gasteiger partial charge in [0.05, 0.1) is 12.3 Å². The molecule has 1 heterocycles. The van der Waals surface area contributed by atoms with Crippen LogP contribution < -0.4 is 5.32 Å². The number of aromatic nitrogens is 1. The van der Waals surface area contributed by atoms with Gasteiger partial charge in [0.2, 0.25) is 0 Å². The third-order valence-corrected chi connectivity index (χ3v) is 3.90. The fourth-order valence-electron chi connectivity index (χ4n) is 2.75. The fraction of sp³-hybridized carbons (Fsp3) is 0.421. The van der Waals surface area contributed by atoms with Gasteiger partial charge in [-0.05, 0) is 48.7 Å². The first-order valence-corrected chi connectivity index (χ1v) is 8.09. The lowest BCUT2D eigenvalue weighted by Crippen LogP contribution is -2.19. The van der Waals surface area contributed by atoms with Crippen LogP contribution >= 0.6 is 0 Å². The molecule has 0 aliphatic rings. The van der Waals surface area contributed by atoms with Crippen LogP contribution in [0, 0.1) is 0 Å². The highest BCUT2D eigenvalue weighted by Crippen LogP contribution is 2.31. The molecule has 1 atom stereocenters. The van der Waals surface area contributed by atoms with Crippen molar-refractivity contribution in [3.8, 4) is 0 Å². The van der Waals surface area contributed by atoms with Gasteiger partial charge in [-0.15, -0.1) is 0 Å². The molecule has 0 radical (unpaired) electrons. The molecule has 0 fully saturated rings. The Hall–Kier alpha value is -1.71. The summed E-state index contributed by atoms with van der Waals surface area (Å²) in [5.74, 6) is 0. The number of aryl methyl sites for hydroxylation is 2. The number of benzene rings is 1. The van der Waals surface area contributed by atoms with Crippen molar-refractivity contribution in [3.05, 3.63) is 65.0 Å². The molecule has 118 valence electrons. The van der Waals surface area contributed by atoms with Crippen molar-refractivity contribution in [2.75, 3.05) is 20.2 Å². The highest BCUT2D eigenvalue weighted by Gasteiger charge is 2.21. The Morgan fingerprint density at radius 3 is 2.32 bits per heavy atom. The number of hydrogen-bond acceptors (Lipinski definition) is 3. The molecule has 0 saturated heterocycles. The smallest absolute Gasteiger partial charge is 0.125 e. The highest BCUT2D eigenvalue weighted by molar-refractivity contribution is 5.40. The van der Waals surface area contributed by atoms with E-state index >= 15 is 0 Å². The number of hydrogen-bond donors (Lipinski definition) is 1. The molecule has 0 unspecified atom stereocenters. The monoisotopic (exact) mass is 298 g/mol. The first-order chi connectivity index (χ1) is 10.8. The van der Waals surface area contributed by atoms with Crippen molar-refractivity contribution < 1.29 is 4.74 Å². The Kier molecular flexibility index (Phi) is 6.56. The van der Waals surface area contributed by atoms with Gasteiger partial charge < -0.3 is 10.1 Å². The van der Waals surface area contributed by atoms with Crippen molar-refractivity contribution in [3.63, 3.8) is 0 Å². The van der Waals surface area contributed by atoms with Crippen LogP contribution in [0.25, 0.3) is 0 Å². The molecule has 0 aliphatic carbocycles. The standard InChI is InChI=1S/C19H26N2O/c1-4-15-9-8-10-16(5-2)18(15)19(22-14-13-20-3)17-11-6-7-12-21-17/h6-12,19-20H,4-5,13-14H2,1-3H3/t19-/m1/s1. The summed E-state index contributed by atoms with van der Waals surface area (Å²) in [5, 5.41) is 3.14. The van der Waals surface area contributed by atoms with Crippen LogP contribution in [0.15, 0.2) is 42.6 Å². The molecule has 0 saturated carbocycles. The van der Waals surface area contributed by atoms with E-state index in [-0.39, 0.29) is 6.10 Å². The Labute approximate surface area is 133 Å². The predicted molar refractivity (Wildman–Crippen MR) is 91.2 cm³/mol. The van der Waals surface area contributed by atoms with Crippen molar-refractivity contribution in [2.24, 2.45) is 0 Å². The molecule has 0 bridgehead atoms. The van der Waals surface area contributed by atoms with Crippen LogP contribution in [0.1, 0.15) is 42.3 Å². The van der Waals surface area contributed by atoms with Crippen LogP contribution in [0.4, 0.5) is 0 Å². The summed E-state index contributed by atoms with van der Waals surface area (Å²) in [7, 11) is 1.94. The summed E-state index contributed by atoms with van der Waals surface area (Å²) < 4.78 is 6.21. The van der Waals surface area contributed by atoms with Crippen molar-refractivity contribution >= 4 is 0 Å². The maximum Gasteiger partial charge on any atom is 0.125 e. The lowest BCUT2D eigenvalue weighted by molar-refractivity contribution is 0.0791. The van der Waals surface area contributed by atoms with Gasteiger partial charge in [0, 0.05) is 12.7 Å². The Morgan fingerprint density at radius 2 is 1.77 bits per heavy atom. The summed E-state index contributed by atoms with van der Waals surface area (Å²) in [6.45, 7) is 5.89. The van der Waals surface area contributed by atoms with Crippen LogP contribution in [-0.2, 0) is 17.6 Å². The largest absolute Gasteiger partial charge is 0.366 e. The number of ether oxygens (including phenoxy) is 1. The lowest BCUT2D eigenvalue weighted by Gasteiger charge is -2.23. The minimum absolute atomic E-state index is 0.0966. The van der Waals surface area contributed by atoms with Crippen LogP contribution in [-0.4, -0.2) is 25.2 Å². The fourth-order valence-corrected chi connectivity index (χ4v) is 2.75. The topological polar surface area (TPSA) is 34.1 Å². The number of nitrogens with one attached hydrogen (secondary N) is 1. The SMILES string of the molecule is CCc1cccc(CC)c1[C@H](OCCNC)c1ccccn1. The Morgan fingerprint density at radius 1 is 1.05 bits per heavy atom. The van der Waals surface area contributed by atoms with E-state index < -0.39 is 0 Å². The molecule has 3 heteroatoms. The van der Waals surface area contributed by atoms with Gasteiger partial charge in [-0.3, -0.25) is 4.98 Å². The van der Waals surface area contributed by atoms with E-state index in [9.17, 15) is 0 Å². The molecule has 3 nitrogen and oxygen atoms in total. The molecule has 22 heavy (non-hydrogen) atoms. The van der Waals surface area contributed by atoms with Crippen molar-refractivity contribution in [1.29, 1.82) is 0 Å². The minimum Gasteiger partial charge on any atom is -0.366 e. The second-order valence-electron chi connectivity index (χ2n) is 5.31. The predicted octanol–water partition coefficient (Wildman–Crippen LogP) is 3.53. The number of nitrogens with zero attached hydrogens (tertiary/aromatic N) is 1. The molecule has 0 aliphatic heterocycles. The number of likely N-dealkylation sites (N-methyl/N-ethyl adjacent to an activating group) is 1. The van der Waals surface area contributed by atoms with Gasteiger partial charge in [-0.2, -0.15) is 0 Å². The normalized spacial score (nSPS) is 12.3. The molecular formula is C19H26N2O. The first kappa shape index (κ1) is 16.7. The zero-order valence-corrected chi connectivity index (χ0v) is 13.8. The van der Waals surface area contributed by atoms with Crippen molar-refractivity contribution in [1.82, 2.24) is 10.3 Å². The Bertz CT molecular complexity index is 547. The third kappa shape index (κ3) is 3.93. The summed E-state index contributed by atoms with van der Waals surface area (Å²) in [6, 6.07) is 12.6. The zero-order chi connectivity index (χ0) is 15.8. The molecule has 2 aromatic rings. The number of rotatable bonds is 8. The maximum atomic E-state index is 6.21. The second kappa shape index (κ2) is 8.66. The summed E-state index contributed by atoms with van der Waals surface area (Å²) in [6.07, 6.45) is 3.74. The Balaban J connectivity index is 2.44. The number of pyridine rings is 1. The van der Waals surface area contributed by atoms with Gasteiger partial charge in [0.1, 0.15) is 6.10 Å². The van der Waals surface area contributed by atoms with Gasteiger partial charge in [0.25, 0.3) is 0 Å². The molecule has 1 aromatic carbocycles. The summed E-state index contributed by atoms with van der Waals surface area (Å²) in [4.78, 5) is 4.54. The average molecular weight is 298 g/mol. The first-order valence-electron chi connectivity index (χ1n) is 8.09. The molecule has 0 spiro atoms. The van der Waals surface area contributed by atoms with E-state index in [1.807, 2.05) is 25.4 Å². The van der Waals surface area contributed by atoms with Crippen LogP contribution in [0.3, 0.4) is 0 Å². The average Bonchev–Trinajstić information content (AvgIpc) is 2.59. The van der Waals surface area contributed by atoms with Gasteiger partial charge in [-0.1, -0.05) is 38.1 Å². The minimum atomic E-state index is -0.0966. The summed E-state index contributed by atoms with van der Waals surface area (Å²) >= 11 is 0. The quantitative estimate of drug-likeness (QED) is 0.757. The van der Waals surface area contributed by atoms with Gasteiger partial charge in [0.15, 0.2) is 0 Å². The third-order valence-electron chi connectivity index (χ3n) is 3.90. The molecule has 1 N–H and O–H groups in total. The molecule has 2 rings (SSSR count). The second-order valence-corrected chi connectivity index (χ2v) is 5.31. The molecule has 0 amide bonds. The molecular weight excluding hydrogens is 272 g/mol. The zero-order valence-electron chi connectivity index (χ0n) is 13.8. The van der Waals surface area contributed by atoms with E-state index in [2.05, 4.69) is 48.4 Å². The van der Waals surface area contributed by atoms with E-state index in [1.54, 1.807) is 0 Å². The highest BCUT2D eigenvalue weighted by atomic mass is 16.5. The van der Waals surface area contributed by atoms with E-state index in [0.29, 0.717) is 6.61 Å². The summed E-state index contributed by atoms with van der Waals surface area (Å²) in [5.41, 5.74) is 4.97. The van der Waals surface area contributed by atoms with Crippen LogP contribution in [0.2, 0.25) is 0 Å². The van der Waals surface area contributed by atoms with Gasteiger partial charge >= 0.3 is 0 Å². The lowest BCUT2D eigenvalue weighted by atomic mass is 9.91. The van der Waals surface area contributed by atoms with Crippen LogP contribution in [0.5, 0.6) is 0 Å². The van der Waals surface area contributed by atoms with Crippen molar-refractivity contribution in [2.45, 2.75) is 32.8 Å². The van der Waals surface area contributed by atoms with E-state index in [4.69, 9.17) is 4.74 Å². The van der Waals surface area contributed by atoms with E-state index in [0.717, 1.165) is 25.1 Å². The van der Waals surface area contributed by atoms with E-state index in [1.165, 1.54) is 16.7 Å².